The monoisotopic (exact) mass is 347 g/mol. The van der Waals surface area contributed by atoms with Crippen molar-refractivity contribution in [3.63, 3.8) is 0 Å². The molecular weight excluding hydrogens is 330 g/mol. The summed E-state index contributed by atoms with van der Waals surface area (Å²) in [6, 6.07) is 3.63. The molecule has 1 aliphatic heterocycles. The summed E-state index contributed by atoms with van der Waals surface area (Å²) in [6.07, 6.45) is 3.82. The van der Waals surface area contributed by atoms with Gasteiger partial charge in [0.25, 0.3) is 5.91 Å². The number of nitrogens with one attached hydrogen (secondary N) is 2. The molecule has 2 rings (SSSR count). The number of nitrogens with zero attached hydrogens (tertiary/aromatic N) is 1. The standard InChI is InChI=1S/C13H18BrN3O.ClH/c1-13(4-7-15-8-5-13)9-17-12(18)11-10(14)3-2-6-16-11;/h2-3,6,15H,4-5,7-9H2,1H3,(H,17,18);1H. The topological polar surface area (TPSA) is 54.0 Å². The van der Waals surface area contributed by atoms with Gasteiger partial charge >= 0.3 is 0 Å². The number of halogens is 2. The fraction of sp³-hybridized carbons (Fsp3) is 0.538. The number of rotatable bonds is 3. The Hall–Kier alpha value is -0.650. The van der Waals surface area contributed by atoms with Crippen LogP contribution in [0.5, 0.6) is 0 Å². The van der Waals surface area contributed by atoms with E-state index in [9.17, 15) is 4.79 Å². The molecule has 0 spiro atoms. The van der Waals surface area contributed by atoms with Crippen molar-refractivity contribution in [3.8, 4) is 0 Å². The van der Waals surface area contributed by atoms with E-state index in [1.54, 1.807) is 12.3 Å². The Morgan fingerprint density at radius 1 is 1.53 bits per heavy atom. The Bertz CT molecular complexity index is 436. The molecule has 0 atom stereocenters. The van der Waals surface area contributed by atoms with Gasteiger partial charge in [0, 0.05) is 17.2 Å². The predicted octanol–water partition coefficient (Wildman–Crippen LogP) is 2.39. The number of hydrogen-bond donors (Lipinski definition) is 2. The highest BCUT2D eigenvalue weighted by atomic mass is 79.9. The highest BCUT2D eigenvalue weighted by molar-refractivity contribution is 9.10. The molecule has 2 heterocycles. The molecule has 106 valence electrons. The molecule has 6 heteroatoms. The molecule has 0 saturated carbocycles. The minimum atomic E-state index is -0.109. The number of carbonyl (C=O) groups is 1. The molecule has 1 aliphatic rings. The molecule has 19 heavy (non-hydrogen) atoms. The summed E-state index contributed by atoms with van der Waals surface area (Å²) in [5.41, 5.74) is 0.650. The Morgan fingerprint density at radius 3 is 2.84 bits per heavy atom. The maximum absolute atomic E-state index is 12.0. The quantitative estimate of drug-likeness (QED) is 0.882. The van der Waals surface area contributed by atoms with Gasteiger partial charge in [0.05, 0.1) is 0 Å². The van der Waals surface area contributed by atoms with Crippen LogP contribution in [0.4, 0.5) is 0 Å². The van der Waals surface area contributed by atoms with Crippen molar-refractivity contribution < 1.29 is 4.79 Å². The summed E-state index contributed by atoms with van der Waals surface area (Å²) < 4.78 is 0.734. The zero-order valence-corrected chi connectivity index (χ0v) is 13.3. The summed E-state index contributed by atoms with van der Waals surface area (Å²) in [7, 11) is 0. The van der Waals surface area contributed by atoms with E-state index in [0.29, 0.717) is 12.2 Å². The lowest BCUT2D eigenvalue weighted by atomic mass is 9.81. The summed E-state index contributed by atoms with van der Waals surface area (Å²) in [4.78, 5) is 16.1. The molecule has 1 amide bonds. The second-order valence-corrected chi connectivity index (χ2v) is 5.93. The zero-order valence-electron chi connectivity index (χ0n) is 10.9. The number of aromatic nitrogens is 1. The number of pyridine rings is 1. The Balaban J connectivity index is 0.00000180. The summed E-state index contributed by atoms with van der Waals surface area (Å²) in [5, 5.41) is 6.33. The van der Waals surface area contributed by atoms with Gasteiger partial charge in [0.1, 0.15) is 5.69 Å². The third-order valence-electron chi connectivity index (χ3n) is 3.46. The molecule has 0 unspecified atom stereocenters. The first-order valence-corrected chi connectivity index (χ1v) is 6.99. The van der Waals surface area contributed by atoms with E-state index in [0.717, 1.165) is 30.4 Å². The van der Waals surface area contributed by atoms with Gasteiger partial charge in [-0.25, -0.2) is 4.98 Å². The van der Waals surface area contributed by atoms with Gasteiger partial charge in [-0.05, 0) is 59.4 Å². The first kappa shape index (κ1) is 16.4. The van der Waals surface area contributed by atoms with E-state index in [-0.39, 0.29) is 23.7 Å². The van der Waals surface area contributed by atoms with Crippen LogP contribution in [0.25, 0.3) is 0 Å². The van der Waals surface area contributed by atoms with E-state index in [1.165, 1.54) is 0 Å². The van der Waals surface area contributed by atoms with Crippen LogP contribution in [0.3, 0.4) is 0 Å². The van der Waals surface area contributed by atoms with Gasteiger partial charge in [-0.1, -0.05) is 6.92 Å². The molecule has 1 aromatic heterocycles. The van der Waals surface area contributed by atoms with Crippen molar-refractivity contribution in [2.75, 3.05) is 19.6 Å². The van der Waals surface area contributed by atoms with Crippen molar-refractivity contribution in [2.24, 2.45) is 5.41 Å². The average molecular weight is 349 g/mol. The second-order valence-electron chi connectivity index (χ2n) is 5.08. The van der Waals surface area contributed by atoms with Gasteiger partial charge in [-0.15, -0.1) is 12.4 Å². The molecule has 0 radical (unpaired) electrons. The minimum Gasteiger partial charge on any atom is -0.350 e. The molecule has 0 aliphatic carbocycles. The fourth-order valence-electron chi connectivity index (χ4n) is 2.14. The van der Waals surface area contributed by atoms with E-state index >= 15 is 0 Å². The van der Waals surface area contributed by atoms with Crippen LogP contribution in [-0.4, -0.2) is 30.5 Å². The van der Waals surface area contributed by atoms with Crippen molar-refractivity contribution in [3.05, 3.63) is 28.5 Å². The molecule has 1 saturated heterocycles. The number of piperidine rings is 1. The van der Waals surface area contributed by atoms with Crippen LogP contribution in [-0.2, 0) is 0 Å². The fourth-order valence-corrected chi connectivity index (χ4v) is 2.57. The maximum Gasteiger partial charge on any atom is 0.271 e. The van der Waals surface area contributed by atoms with Gasteiger partial charge in [-0.2, -0.15) is 0 Å². The predicted molar refractivity (Wildman–Crippen MR) is 81.7 cm³/mol. The highest BCUT2D eigenvalue weighted by Crippen LogP contribution is 2.26. The number of amides is 1. The van der Waals surface area contributed by atoms with Crippen molar-refractivity contribution in [1.82, 2.24) is 15.6 Å². The van der Waals surface area contributed by atoms with E-state index in [1.807, 2.05) is 6.07 Å². The molecular formula is C13H19BrClN3O. The Morgan fingerprint density at radius 2 is 2.21 bits per heavy atom. The Kier molecular flexibility index (Phi) is 6.23. The number of carbonyl (C=O) groups excluding carboxylic acids is 1. The van der Waals surface area contributed by atoms with Gasteiger partial charge < -0.3 is 10.6 Å². The number of hydrogen-bond acceptors (Lipinski definition) is 3. The molecule has 0 bridgehead atoms. The molecule has 4 nitrogen and oxygen atoms in total. The van der Waals surface area contributed by atoms with Gasteiger partial charge in [0.15, 0.2) is 0 Å². The van der Waals surface area contributed by atoms with Crippen LogP contribution in [0.15, 0.2) is 22.8 Å². The first-order chi connectivity index (χ1) is 8.61. The van der Waals surface area contributed by atoms with Crippen LogP contribution >= 0.6 is 28.3 Å². The summed E-state index contributed by atoms with van der Waals surface area (Å²) in [6.45, 7) is 4.98. The lowest BCUT2D eigenvalue weighted by molar-refractivity contribution is 0.0916. The lowest BCUT2D eigenvalue weighted by Gasteiger charge is -2.34. The largest absolute Gasteiger partial charge is 0.350 e. The van der Waals surface area contributed by atoms with E-state index < -0.39 is 0 Å². The van der Waals surface area contributed by atoms with E-state index in [4.69, 9.17) is 0 Å². The van der Waals surface area contributed by atoms with Crippen molar-refractivity contribution >= 4 is 34.2 Å². The summed E-state index contributed by atoms with van der Waals surface area (Å²) >= 11 is 3.34. The van der Waals surface area contributed by atoms with Crippen molar-refractivity contribution in [1.29, 1.82) is 0 Å². The Labute approximate surface area is 128 Å². The highest BCUT2D eigenvalue weighted by Gasteiger charge is 2.27. The van der Waals surface area contributed by atoms with Crippen LogP contribution in [0.2, 0.25) is 0 Å². The second kappa shape index (κ2) is 7.22. The normalized spacial score (nSPS) is 17.4. The molecule has 2 N–H and O–H groups in total. The van der Waals surface area contributed by atoms with Crippen LogP contribution in [0, 0.1) is 5.41 Å². The van der Waals surface area contributed by atoms with E-state index in [2.05, 4.69) is 38.5 Å². The molecule has 1 fully saturated rings. The van der Waals surface area contributed by atoms with Gasteiger partial charge in [0.2, 0.25) is 0 Å². The van der Waals surface area contributed by atoms with Gasteiger partial charge in [-0.3, -0.25) is 4.79 Å². The molecule has 0 aromatic carbocycles. The zero-order chi connectivity index (χ0) is 13.0. The minimum absolute atomic E-state index is 0. The molecule has 1 aromatic rings. The van der Waals surface area contributed by atoms with Crippen LogP contribution in [0.1, 0.15) is 30.3 Å². The third-order valence-corrected chi connectivity index (χ3v) is 4.10. The third kappa shape index (κ3) is 4.44. The SMILES string of the molecule is CC1(CNC(=O)c2ncccc2Br)CCNCC1.Cl. The smallest absolute Gasteiger partial charge is 0.271 e. The first-order valence-electron chi connectivity index (χ1n) is 6.20. The lowest BCUT2D eigenvalue weighted by Crippen LogP contribution is -2.43. The van der Waals surface area contributed by atoms with Crippen molar-refractivity contribution in [2.45, 2.75) is 19.8 Å². The summed E-state index contributed by atoms with van der Waals surface area (Å²) in [5.74, 6) is -0.109. The average Bonchev–Trinajstić information content (AvgIpc) is 2.38. The maximum atomic E-state index is 12.0. The van der Waals surface area contributed by atoms with Crippen LogP contribution < -0.4 is 10.6 Å².